The zero-order chi connectivity index (χ0) is 27.9. The highest BCUT2D eigenvalue weighted by molar-refractivity contribution is 5.87. The van der Waals surface area contributed by atoms with Crippen molar-refractivity contribution in [3.63, 3.8) is 0 Å². The van der Waals surface area contributed by atoms with E-state index in [-0.39, 0.29) is 30.2 Å². The van der Waals surface area contributed by atoms with Crippen LogP contribution in [0.4, 0.5) is 9.59 Å². The van der Waals surface area contributed by atoms with E-state index in [2.05, 4.69) is 10.6 Å². The molecule has 216 valence electrons. The second-order valence-corrected chi connectivity index (χ2v) is 11.9. The molecule has 0 unspecified atom stereocenters. The van der Waals surface area contributed by atoms with Crippen molar-refractivity contribution >= 4 is 24.0 Å². The second kappa shape index (κ2) is 13.0. The van der Waals surface area contributed by atoms with E-state index in [0.717, 1.165) is 25.7 Å². The number of esters is 1. The number of hydrogen-bond acceptors (Lipinski definition) is 7. The van der Waals surface area contributed by atoms with Crippen molar-refractivity contribution in [1.82, 2.24) is 20.4 Å². The van der Waals surface area contributed by atoms with Gasteiger partial charge >= 0.3 is 18.1 Å². The van der Waals surface area contributed by atoms with Gasteiger partial charge in [0.2, 0.25) is 5.91 Å². The van der Waals surface area contributed by atoms with Crippen LogP contribution in [0.5, 0.6) is 0 Å². The molecule has 1 saturated carbocycles. The lowest BCUT2D eigenvalue weighted by Crippen LogP contribution is -2.59. The SMILES string of the molecule is COC(=O)C1(NC(C)=O)CCC(NC(=O)N2CCC(OCC3CCN(C(=O)OC(C)(C)C)CC3)CC2)CC1. The Bertz CT molecular complexity index is 835. The fourth-order valence-corrected chi connectivity index (χ4v) is 5.54. The van der Waals surface area contributed by atoms with Gasteiger partial charge in [0.25, 0.3) is 0 Å². The lowest BCUT2D eigenvalue weighted by atomic mass is 9.79. The van der Waals surface area contributed by atoms with Crippen molar-refractivity contribution in [2.75, 3.05) is 39.9 Å². The normalized spacial score (nSPS) is 25.4. The Morgan fingerprint density at radius 1 is 0.895 bits per heavy atom. The molecule has 2 heterocycles. The predicted octanol–water partition coefficient (Wildman–Crippen LogP) is 2.81. The number of piperidine rings is 2. The van der Waals surface area contributed by atoms with E-state index >= 15 is 0 Å². The molecule has 2 aliphatic heterocycles. The number of rotatable bonds is 6. The molecule has 11 heteroatoms. The van der Waals surface area contributed by atoms with Crippen LogP contribution in [-0.2, 0) is 23.8 Å². The maximum atomic E-state index is 12.9. The number of carbonyl (C=O) groups is 4. The zero-order valence-electron chi connectivity index (χ0n) is 23.7. The van der Waals surface area contributed by atoms with Gasteiger partial charge in [0.05, 0.1) is 13.2 Å². The van der Waals surface area contributed by atoms with E-state index in [1.54, 1.807) is 4.90 Å². The first-order valence-corrected chi connectivity index (χ1v) is 13.9. The summed E-state index contributed by atoms with van der Waals surface area (Å²) >= 11 is 0. The number of carbonyl (C=O) groups excluding carboxylic acids is 4. The van der Waals surface area contributed by atoms with Crippen LogP contribution in [0.15, 0.2) is 0 Å². The molecule has 1 aliphatic carbocycles. The highest BCUT2D eigenvalue weighted by Crippen LogP contribution is 2.30. The fourth-order valence-electron chi connectivity index (χ4n) is 5.54. The van der Waals surface area contributed by atoms with Crippen molar-refractivity contribution in [2.24, 2.45) is 5.92 Å². The van der Waals surface area contributed by atoms with Crippen LogP contribution in [0.2, 0.25) is 0 Å². The maximum Gasteiger partial charge on any atom is 0.410 e. The van der Waals surface area contributed by atoms with E-state index in [0.29, 0.717) is 64.4 Å². The van der Waals surface area contributed by atoms with E-state index in [1.807, 2.05) is 25.7 Å². The molecule has 4 amide bonds. The topological polar surface area (TPSA) is 127 Å². The van der Waals surface area contributed by atoms with Gasteiger partial charge in [-0.05, 0) is 78.1 Å². The molecule has 0 atom stereocenters. The standard InChI is InChI=1S/C27H46N4O7/c1-19(32)29-27(23(33)36-5)12-6-21(7-13-27)28-24(34)30-16-10-22(11-17-30)37-18-20-8-14-31(15-9-20)25(35)38-26(2,3)4/h20-22H,6-18H2,1-5H3,(H,28,34)(H,29,32). The van der Waals surface area contributed by atoms with Crippen molar-refractivity contribution in [2.45, 2.75) is 102 Å². The number of urea groups is 1. The Balaban J connectivity index is 1.33. The molecule has 0 bridgehead atoms. The van der Waals surface area contributed by atoms with Crippen LogP contribution in [0, 0.1) is 5.92 Å². The van der Waals surface area contributed by atoms with Gasteiger partial charge in [0, 0.05) is 45.8 Å². The van der Waals surface area contributed by atoms with Gasteiger partial charge in [-0.1, -0.05) is 0 Å². The quantitative estimate of drug-likeness (QED) is 0.498. The van der Waals surface area contributed by atoms with Gasteiger partial charge < -0.3 is 34.6 Å². The highest BCUT2D eigenvalue weighted by atomic mass is 16.6. The average molecular weight is 539 g/mol. The Kier molecular flexibility index (Phi) is 10.3. The molecule has 0 radical (unpaired) electrons. The van der Waals surface area contributed by atoms with Gasteiger partial charge in [-0.2, -0.15) is 0 Å². The van der Waals surface area contributed by atoms with Crippen LogP contribution in [0.1, 0.15) is 79.1 Å². The lowest BCUT2D eigenvalue weighted by molar-refractivity contribution is -0.152. The number of nitrogens with one attached hydrogen (secondary N) is 2. The van der Waals surface area contributed by atoms with Gasteiger partial charge in [-0.3, -0.25) is 4.79 Å². The van der Waals surface area contributed by atoms with E-state index in [4.69, 9.17) is 14.2 Å². The summed E-state index contributed by atoms with van der Waals surface area (Å²) in [7, 11) is 1.32. The summed E-state index contributed by atoms with van der Waals surface area (Å²) in [6.45, 7) is 10.4. The van der Waals surface area contributed by atoms with Gasteiger partial charge in [0.15, 0.2) is 0 Å². The number of likely N-dealkylation sites (tertiary alicyclic amines) is 2. The number of amides is 4. The first-order valence-electron chi connectivity index (χ1n) is 13.9. The summed E-state index contributed by atoms with van der Waals surface area (Å²) < 4.78 is 16.6. The van der Waals surface area contributed by atoms with E-state index in [9.17, 15) is 19.2 Å². The molecule has 0 aromatic rings. The third-order valence-corrected chi connectivity index (χ3v) is 7.72. The van der Waals surface area contributed by atoms with Crippen LogP contribution in [0.25, 0.3) is 0 Å². The summed E-state index contributed by atoms with van der Waals surface area (Å²) in [5, 5.41) is 5.87. The molecule has 2 saturated heterocycles. The van der Waals surface area contributed by atoms with Crippen molar-refractivity contribution in [1.29, 1.82) is 0 Å². The Morgan fingerprint density at radius 3 is 2.00 bits per heavy atom. The first kappa shape index (κ1) is 30.0. The summed E-state index contributed by atoms with van der Waals surface area (Å²) in [5.74, 6) is -0.279. The van der Waals surface area contributed by atoms with Crippen molar-refractivity contribution in [3.8, 4) is 0 Å². The molecule has 3 fully saturated rings. The largest absolute Gasteiger partial charge is 0.467 e. The molecule has 2 N–H and O–H groups in total. The summed E-state index contributed by atoms with van der Waals surface area (Å²) in [6.07, 6.45) is 5.32. The molecule has 3 aliphatic rings. The molecule has 0 spiro atoms. The van der Waals surface area contributed by atoms with Crippen molar-refractivity contribution in [3.05, 3.63) is 0 Å². The molecule has 3 rings (SSSR count). The van der Waals surface area contributed by atoms with E-state index in [1.165, 1.54) is 14.0 Å². The highest BCUT2D eigenvalue weighted by Gasteiger charge is 2.44. The van der Waals surface area contributed by atoms with Crippen LogP contribution >= 0.6 is 0 Å². The molecule has 0 aromatic carbocycles. The van der Waals surface area contributed by atoms with Crippen LogP contribution in [0.3, 0.4) is 0 Å². The Labute approximate surface area is 226 Å². The van der Waals surface area contributed by atoms with Gasteiger partial charge in [0.1, 0.15) is 11.1 Å². The third kappa shape index (κ3) is 8.47. The summed E-state index contributed by atoms with van der Waals surface area (Å²) in [4.78, 5) is 52.6. The molecule has 38 heavy (non-hydrogen) atoms. The average Bonchev–Trinajstić information content (AvgIpc) is 2.87. The first-order chi connectivity index (χ1) is 17.9. The monoisotopic (exact) mass is 538 g/mol. The van der Waals surface area contributed by atoms with Crippen LogP contribution in [-0.4, -0.2) is 97.0 Å². The number of hydrogen-bond donors (Lipinski definition) is 2. The minimum Gasteiger partial charge on any atom is -0.467 e. The smallest absolute Gasteiger partial charge is 0.410 e. The molecule has 0 aromatic heterocycles. The van der Waals surface area contributed by atoms with Gasteiger partial charge in [-0.25, -0.2) is 14.4 Å². The van der Waals surface area contributed by atoms with Gasteiger partial charge in [-0.15, -0.1) is 0 Å². The third-order valence-electron chi connectivity index (χ3n) is 7.72. The fraction of sp³-hybridized carbons (Fsp3) is 0.852. The number of nitrogens with zero attached hydrogens (tertiary/aromatic N) is 2. The molecular weight excluding hydrogens is 492 g/mol. The minimum absolute atomic E-state index is 0.0467. The van der Waals surface area contributed by atoms with E-state index < -0.39 is 17.1 Å². The summed E-state index contributed by atoms with van der Waals surface area (Å²) in [5.41, 5.74) is -1.49. The zero-order valence-corrected chi connectivity index (χ0v) is 23.7. The predicted molar refractivity (Wildman–Crippen MR) is 140 cm³/mol. The minimum atomic E-state index is -1.01. The Morgan fingerprint density at radius 2 is 1.47 bits per heavy atom. The number of ether oxygens (including phenoxy) is 3. The second-order valence-electron chi connectivity index (χ2n) is 11.9. The summed E-state index contributed by atoms with van der Waals surface area (Å²) in [6, 6.07) is -0.136. The Hall–Kier alpha value is -2.56. The molecular formula is C27H46N4O7. The van der Waals surface area contributed by atoms with Crippen molar-refractivity contribution < 1.29 is 33.4 Å². The number of methoxy groups -OCH3 is 1. The lowest BCUT2D eigenvalue weighted by Gasteiger charge is -2.39. The van der Waals surface area contributed by atoms with Crippen LogP contribution < -0.4 is 10.6 Å². The maximum absolute atomic E-state index is 12.9. The molecule has 11 nitrogen and oxygen atoms in total.